The lowest BCUT2D eigenvalue weighted by molar-refractivity contribution is -0.109. The van der Waals surface area contributed by atoms with Crippen LogP contribution < -0.4 is 0 Å². The van der Waals surface area contributed by atoms with E-state index in [-0.39, 0.29) is 35.4 Å². The molecule has 4 rings (SSSR count). The maximum atomic E-state index is 6.27. The number of thiocarbonyl (C=S) groups is 1. The SMILES string of the molecule is CO[C@@H]1[C@H](OC(=S)SCc2ccccc2)CC[C@]2(CO2)[C@H]1[C@@]1(C)O[C@@H]1CC=C(C)C. The molecule has 3 fully saturated rings. The topological polar surface area (TPSA) is 43.5 Å². The molecule has 2 aliphatic heterocycles. The van der Waals surface area contributed by atoms with Crippen LogP contribution in [0.25, 0.3) is 0 Å². The van der Waals surface area contributed by atoms with Gasteiger partial charge in [0.1, 0.15) is 23.4 Å². The smallest absolute Gasteiger partial charge is 0.220 e. The molecule has 1 aromatic carbocycles. The molecule has 2 heterocycles. The fourth-order valence-corrected chi connectivity index (χ4v) is 5.91. The monoisotopic (exact) mass is 448 g/mol. The van der Waals surface area contributed by atoms with Crippen molar-refractivity contribution in [1.29, 1.82) is 0 Å². The summed E-state index contributed by atoms with van der Waals surface area (Å²) < 4.78 is 25.2. The molecule has 0 unspecified atom stereocenters. The first kappa shape index (κ1) is 22.3. The van der Waals surface area contributed by atoms with Crippen molar-refractivity contribution in [2.24, 2.45) is 5.92 Å². The highest BCUT2D eigenvalue weighted by Crippen LogP contribution is 2.59. The van der Waals surface area contributed by atoms with Crippen LogP contribution in [-0.4, -0.2) is 47.6 Å². The minimum absolute atomic E-state index is 0.0734. The Kier molecular flexibility index (Phi) is 6.62. The highest BCUT2D eigenvalue weighted by molar-refractivity contribution is 8.22. The van der Waals surface area contributed by atoms with Gasteiger partial charge >= 0.3 is 0 Å². The van der Waals surface area contributed by atoms with Gasteiger partial charge in [-0.3, -0.25) is 0 Å². The first-order valence-corrected chi connectivity index (χ1v) is 12.1. The van der Waals surface area contributed by atoms with Gasteiger partial charge in [0.05, 0.1) is 18.6 Å². The van der Waals surface area contributed by atoms with E-state index in [9.17, 15) is 0 Å². The Morgan fingerprint density at radius 1 is 1.30 bits per heavy atom. The third-order valence-corrected chi connectivity index (χ3v) is 7.94. The minimum atomic E-state index is -0.246. The van der Waals surface area contributed by atoms with Crippen LogP contribution in [0.2, 0.25) is 0 Å². The Labute approximate surface area is 189 Å². The Bertz CT molecular complexity index is 788. The summed E-state index contributed by atoms with van der Waals surface area (Å²) in [6.07, 6.45) is 5.06. The zero-order valence-electron chi connectivity index (χ0n) is 18.3. The second-order valence-electron chi connectivity index (χ2n) is 9.06. The third-order valence-electron chi connectivity index (χ3n) is 6.68. The van der Waals surface area contributed by atoms with E-state index in [0.29, 0.717) is 4.38 Å². The lowest BCUT2D eigenvalue weighted by atomic mass is 9.68. The zero-order chi connectivity index (χ0) is 21.4. The van der Waals surface area contributed by atoms with Gasteiger partial charge in [0, 0.05) is 12.9 Å². The summed E-state index contributed by atoms with van der Waals surface area (Å²) in [4.78, 5) is 0. The van der Waals surface area contributed by atoms with Crippen molar-refractivity contribution < 1.29 is 18.9 Å². The molecule has 1 saturated carbocycles. The zero-order valence-corrected chi connectivity index (χ0v) is 19.9. The van der Waals surface area contributed by atoms with E-state index in [0.717, 1.165) is 31.6 Å². The number of methoxy groups -OCH3 is 1. The average Bonchev–Trinajstić information content (AvgIpc) is 3.64. The maximum absolute atomic E-state index is 6.27. The van der Waals surface area contributed by atoms with Crippen LogP contribution in [-0.2, 0) is 24.7 Å². The summed E-state index contributed by atoms with van der Waals surface area (Å²) in [7, 11) is 1.77. The van der Waals surface area contributed by atoms with Gasteiger partial charge < -0.3 is 18.9 Å². The highest BCUT2D eigenvalue weighted by atomic mass is 32.2. The molecule has 6 heteroatoms. The standard InChI is InChI=1S/C24H32O4S2/c1-16(2)10-11-19-23(3,28-19)21-20(25-4)18(12-13-24(21)15-26-24)27-22(29)30-14-17-8-6-5-7-9-17/h5-10,18-21H,11-15H2,1-4H3/t18-,19-,20-,21-,23+,24+/m1/s1. The van der Waals surface area contributed by atoms with E-state index in [1.54, 1.807) is 18.9 Å². The number of hydrogen-bond acceptors (Lipinski definition) is 6. The molecule has 1 aromatic rings. The fourth-order valence-electron chi connectivity index (χ4n) is 4.94. The molecule has 30 heavy (non-hydrogen) atoms. The number of ether oxygens (including phenoxy) is 4. The summed E-state index contributed by atoms with van der Waals surface area (Å²) in [6, 6.07) is 10.3. The van der Waals surface area contributed by atoms with Crippen molar-refractivity contribution in [1.82, 2.24) is 0 Å². The molecular weight excluding hydrogens is 416 g/mol. The summed E-state index contributed by atoms with van der Waals surface area (Å²) in [5, 5.41) is 0. The van der Waals surface area contributed by atoms with E-state index in [1.807, 2.05) is 18.2 Å². The van der Waals surface area contributed by atoms with Crippen molar-refractivity contribution in [2.75, 3.05) is 13.7 Å². The fraction of sp³-hybridized carbons (Fsp3) is 0.625. The number of benzene rings is 1. The molecule has 0 N–H and O–H groups in total. The van der Waals surface area contributed by atoms with Crippen molar-refractivity contribution >= 4 is 28.4 Å². The van der Waals surface area contributed by atoms with Crippen molar-refractivity contribution in [3.05, 3.63) is 47.5 Å². The van der Waals surface area contributed by atoms with Gasteiger partial charge in [-0.15, -0.1) is 0 Å². The van der Waals surface area contributed by atoms with Crippen LogP contribution >= 0.6 is 24.0 Å². The average molecular weight is 449 g/mol. The van der Waals surface area contributed by atoms with Gasteiger partial charge in [-0.1, -0.05) is 53.7 Å². The molecule has 0 aromatic heterocycles. The molecule has 164 valence electrons. The lowest BCUT2D eigenvalue weighted by Crippen LogP contribution is -2.55. The van der Waals surface area contributed by atoms with E-state index >= 15 is 0 Å². The number of epoxide rings is 2. The van der Waals surface area contributed by atoms with Gasteiger partial charge in [-0.25, -0.2) is 0 Å². The van der Waals surface area contributed by atoms with E-state index in [1.165, 1.54) is 11.1 Å². The molecular formula is C24H32O4S2. The van der Waals surface area contributed by atoms with E-state index < -0.39 is 0 Å². The predicted molar refractivity (Wildman–Crippen MR) is 125 cm³/mol. The first-order valence-electron chi connectivity index (χ1n) is 10.7. The Morgan fingerprint density at radius 2 is 2.03 bits per heavy atom. The first-order chi connectivity index (χ1) is 14.4. The highest BCUT2D eigenvalue weighted by Gasteiger charge is 2.72. The van der Waals surface area contributed by atoms with Crippen LogP contribution in [0.5, 0.6) is 0 Å². The van der Waals surface area contributed by atoms with Crippen LogP contribution in [0, 0.1) is 5.92 Å². The maximum Gasteiger partial charge on any atom is 0.220 e. The van der Waals surface area contributed by atoms with E-state index in [2.05, 4.69) is 39.0 Å². The minimum Gasteiger partial charge on any atom is -0.472 e. The van der Waals surface area contributed by atoms with Crippen molar-refractivity contribution in [3.8, 4) is 0 Å². The summed E-state index contributed by atoms with van der Waals surface area (Å²) >= 11 is 7.13. The van der Waals surface area contributed by atoms with Gasteiger partial charge in [0.25, 0.3) is 0 Å². The van der Waals surface area contributed by atoms with Gasteiger partial charge in [-0.2, -0.15) is 0 Å². The van der Waals surface area contributed by atoms with Crippen LogP contribution in [0.15, 0.2) is 42.0 Å². The van der Waals surface area contributed by atoms with Crippen LogP contribution in [0.4, 0.5) is 0 Å². The van der Waals surface area contributed by atoms with Gasteiger partial charge in [0.15, 0.2) is 0 Å². The van der Waals surface area contributed by atoms with Gasteiger partial charge in [0.2, 0.25) is 4.38 Å². The Morgan fingerprint density at radius 3 is 2.67 bits per heavy atom. The van der Waals surface area contributed by atoms with Crippen LogP contribution in [0.3, 0.4) is 0 Å². The lowest BCUT2D eigenvalue weighted by Gasteiger charge is -2.43. The summed E-state index contributed by atoms with van der Waals surface area (Å²) in [5.74, 6) is 0.956. The Hall–Kier alpha value is -0.920. The van der Waals surface area contributed by atoms with Gasteiger partial charge in [-0.05, 0) is 57.8 Å². The normalized spacial score (nSPS) is 36.9. The number of thioether (sulfide) groups is 1. The second kappa shape index (κ2) is 8.91. The molecule has 1 aliphatic carbocycles. The van der Waals surface area contributed by atoms with Crippen molar-refractivity contribution in [3.63, 3.8) is 0 Å². The molecule has 0 bridgehead atoms. The molecule has 4 nitrogen and oxygen atoms in total. The molecule has 1 spiro atoms. The molecule has 0 amide bonds. The molecule has 3 aliphatic rings. The predicted octanol–water partition coefficient (Wildman–Crippen LogP) is 5.30. The number of allylic oxidation sites excluding steroid dienone is 1. The molecule has 6 atom stereocenters. The molecule has 0 radical (unpaired) electrons. The third kappa shape index (κ3) is 4.63. The number of rotatable bonds is 7. The van der Waals surface area contributed by atoms with Crippen LogP contribution in [0.1, 0.15) is 45.6 Å². The Balaban J connectivity index is 1.41. The number of hydrogen-bond donors (Lipinski definition) is 0. The largest absolute Gasteiger partial charge is 0.472 e. The van der Waals surface area contributed by atoms with Crippen molar-refractivity contribution in [2.45, 2.75) is 75.3 Å². The second-order valence-corrected chi connectivity index (χ2v) is 10.6. The summed E-state index contributed by atoms with van der Waals surface area (Å²) in [6.45, 7) is 7.25. The summed E-state index contributed by atoms with van der Waals surface area (Å²) in [5.41, 5.74) is 2.18. The molecule has 2 saturated heterocycles. The quantitative estimate of drug-likeness (QED) is 0.320. The van der Waals surface area contributed by atoms with E-state index in [4.69, 9.17) is 31.2 Å².